The van der Waals surface area contributed by atoms with Crippen LogP contribution in [-0.4, -0.2) is 45.3 Å². The normalized spacial score (nSPS) is 15.2. The van der Waals surface area contributed by atoms with E-state index in [4.69, 9.17) is 9.84 Å². The first kappa shape index (κ1) is 19.4. The molecule has 1 fully saturated rings. The summed E-state index contributed by atoms with van der Waals surface area (Å²) in [5, 5.41) is 12.8. The summed E-state index contributed by atoms with van der Waals surface area (Å²) in [6.07, 6.45) is 3.74. The molecule has 3 aromatic rings. The number of hydrogen-bond acceptors (Lipinski definition) is 7. The van der Waals surface area contributed by atoms with Crippen molar-refractivity contribution in [1.29, 1.82) is 0 Å². The van der Waals surface area contributed by atoms with E-state index in [9.17, 15) is 4.79 Å². The lowest BCUT2D eigenvalue weighted by molar-refractivity contribution is 0.0185. The zero-order valence-corrected chi connectivity index (χ0v) is 16.6. The van der Waals surface area contributed by atoms with Crippen LogP contribution in [0.1, 0.15) is 18.4 Å². The van der Waals surface area contributed by atoms with Gasteiger partial charge in [-0.1, -0.05) is 41.7 Å². The van der Waals surface area contributed by atoms with Gasteiger partial charge >= 0.3 is 6.16 Å². The van der Waals surface area contributed by atoms with Crippen molar-refractivity contribution in [3.05, 3.63) is 60.4 Å². The molecule has 0 bridgehead atoms. The summed E-state index contributed by atoms with van der Waals surface area (Å²) < 4.78 is 4.87. The quantitative estimate of drug-likeness (QED) is 0.574. The van der Waals surface area contributed by atoms with Crippen molar-refractivity contribution in [2.24, 2.45) is 0 Å². The van der Waals surface area contributed by atoms with E-state index in [1.165, 1.54) is 0 Å². The number of rotatable bonds is 6. The van der Waals surface area contributed by atoms with E-state index in [1.54, 1.807) is 17.5 Å². The van der Waals surface area contributed by atoms with E-state index in [0.29, 0.717) is 0 Å². The minimum Gasteiger partial charge on any atom is -0.450 e. The zero-order chi connectivity index (χ0) is 20.1. The van der Waals surface area contributed by atoms with Gasteiger partial charge in [-0.3, -0.25) is 4.90 Å². The fraction of sp³-hybridized carbons (Fsp3) is 0.286. The van der Waals surface area contributed by atoms with E-state index in [-0.39, 0.29) is 6.10 Å². The third-order valence-corrected chi connectivity index (χ3v) is 5.79. The number of benzene rings is 1. The van der Waals surface area contributed by atoms with Gasteiger partial charge in [0.05, 0.1) is 4.88 Å². The molecule has 150 valence electrons. The smallest absolute Gasteiger partial charge is 0.450 e. The monoisotopic (exact) mass is 410 g/mol. The average molecular weight is 410 g/mol. The number of pyridine rings is 1. The van der Waals surface area contributed by atoms with Gasteiger partial charge in [0.15, 0.2) is 5.13 Å². The highest BCUT2D eigenvalue weighted by Gasteiger charge is 2.22. The van der Waals surface area contributed by atoms with Crippen molar-refractivity contribution in [2.75, 3.05) is 18.4 Å². The second-order valence-corrected chi connectivity index (χ2v) is 7.96. The molecule has 0 amide bonds. The van der Waals surface area contributed by atoms with Crippen LogP contribution in [0.2, 0.25) is 0 Å². The maximum absolute atomic E-state index is 10.7. The van der Waals surface area contributed by atoms with Crippen LogP contribution in [0.5, 0.6) is 0 Å². The molecule has 0 spiro atoms. The molecule has 1 saturated heterocycles. The van der Waals surface area contributed by atoms with Crippen LogP contribution in [0.4, 0.5) is 15.7 Å². The number of hydrogen-bond donors (Lipinski definition) is 2. The van der Waals surface area contributed by atoms with Crippen LogP contribution in [0.3, 0.4) is 0 Å². The van der Waals surface area contributed by atoms with Crippen molar-refractivity contribution in [3.63, 3.8) is 0 Å². The van der Waals surface area contributed by atoms with E-state index >= 15 is 0 Å². The fourth-order valence-electron chi connectivity index (χ4n) is 3.40. The van der Waals surface area contributed by atoms with Crippen LogP contribution in [0, 0.1) is 0 Å². The summed E-state index contributed by atoms with van der Waals surface area (Å²) in [7, 11) is 0. The first-order valence-corrected chi connectivity index (χ1v) is 10.3. The molecule has 29 heavy (non-hydrogen) atoms. The predicted octanol–water partition coefficient (Wildman–Crippen LogP) is 4.61. The summed E-state index contributed by atoms with van der Waals surface area (Å²) in [5.41, 5.74) is 2.30. The van der Waals surface area contributed by atoms with Crippen molar-refractivity contribution in [2.45, 2.75) is 25.5 Å². The average Bonchev–Trinajstić information content (AvgIpc) is 3.19. The second-order valence-electron chi connectivity index (χ2n) is 6.93. The fourth-order valence-corrected chi connectivity index (χ4v) is 4.23. The summed E-state index contributed by atoms with van der Waals surface area (Å²) in [5.74, 6) is 0.764. The predicted molar refractivity (Wildman–Crippen MR) is 112 cm³/mol. The van der Waals surface area contributed by atoms with Gasteiger partial charge in [-0.25, -0.2) is 14.8 Å². The summed E-state index contributed by atoms with van der Waals surface area (Å²) >= 11 is 1.59. The number of nitrogens with one attached hydrogen (secondary N) is 1. The van der Waals surface area contributed by atoms with E-state index in [2.05, 4.69) is 32.3 Å². The molecule has 4 rings (SSSR count). The number of nitrogens with zero attached hydrogens (tertiary/aromatic N) is 3. The van der Waals surface area contributed by atoms with Gasteiger partial charge in [-0.05, 0) is 36.1 Å². The Morgan fingerprint density at radius 2 is 2.00 bits per heavy atom. The zero-order valence-electron chi connectivity index (χ0n) is 15.8. The van der Waals surface area contributed by atoms with Gasteiger partial charge in [0, 0.05) is 32.0 Å². The Balaban J connectivity index is 1.35. The van der Waals surface area contributed by atoms with Gasteiger partial charge in [0.2, 0.25) is 0 Å². The maximum Gasteiger partial charge on any atom is 0.506 e. The standard InChI is InChI=1S/C21H22N4O3S/c26-21(27)28-17-7-10-25(11-8-17)14-15-6-9-22-19(12-15)24-20-23-13-18(29-20)16-4-2-1-3-5-16/h1-6,9,12-13,17H,7-8,10-11,14H2,(H,26,27)(H,22,23,24). The summed E-state index contributed by atoms with van der Waals surface area (Å²) in [6.45, 7) is 2.43. The number of thiazole rings is 1. The van der Waals surface area contributed by atoms with E-state index < -0.39 is 6.16 Å². The molecule has 2 N–H and O–H groups in total. The van der Waals surface area contributed by atoms with Gasteiger partial charge < -0.3 is 15.2 Å². The van der Waals surface area contributed by atoms with Crippen molar-refractivity contribution >= 4 is 28.4 Å². The van der Waals surface area contributed by atoms with Crippen molar-refractivity contribution in [1.82, 2.24) is 14.9 Å². The lowest BCUT2D eigenvalue weighted by atomic mass is 10.1. The van der Waals surface area contributed by atoms with Crippen LogP contribution < -0.4 is 5.32 Å². The Morgan fingerprint density at radius 1 is 1.21 bits per heavy atom. The third kappa shape index (κ3) is 5.30. The highest BCUT2D eigenvalue weighted by molar-refractivity contribution is 7.18. The largest absolute Gasteiger partial charge is 0.506 e. The van der Waals surface area contributed by atoms with Crippen LogP contribution in [0.15, 0.2) is 54.9 Å². The Hall–Kier alpha value is -2.97. The molecule has 3 heterocycles. The molecule has 8 heteroatoms. The molecule has 1 aliphatic heterocycles. The lowest BCUT2D eigenvalue weighted by Crippen LogP contribution is -2.37. The number of ether oxygens (including phenoxy) is 1. The molecule has 2 aromatic heterocycles. The SMILES string of the molecule is O=C(O)OC1CCN(Cc2ccnc(Nc3ncc(-c4ccccc4)s3)c2)CC1. The molecule has 1 aromatic carbocycles. The van der Waals surface area contributed by atoms with Gasteiger partial charge in [-0.15, -0.1) is 0 Å². The topological polar surface area (TPSA) is 87.6 Å². The minimum atomic E-state index is -1.19. The number of carbonyl (C=O) groups is 1. The summed E-state index contributed by atoms with van der Waals surface area (Å²) in [4.78, 5) is 22.9. The highest BCUT2D eigenvalue weighted by atomic mass is 32.1. The summed E-state index contributed by atoms with van der Waals surface area (Å²) in [6, 6.07) is 14.2. The molecule has 0 unspecified atom stereocenters. The molecule has 0 saturated carbocycles. The Labute approximate surface area is 173 Å². The molecular formula is C21H22N4O3S. The number of anilines is 2. The number of carboxylic acid groups (broad SMARTS) is 1. The van der Waals surface area contributed by atoms with E-state index in [0.717, 1.165) is 59.4 Å². The van der Waals surface area contributed by atoms with Crippen LogP contribution in [-0.2, 0) is 11.3 Å². The van der Waals surface area contributed by atoms with E-state index in [1.807, 2.05) is 36.5 Å². The number of piperidine rings is 1. The Morgan fingerprint density at radius 3 is 2.76 bits per heavy atom. The molecular weight excluding hydrogens is 388 g/mol. The van der Waals surface area contributed by atoms with Gasteiger partial charge in [-0.2, -0.15) is 0 Å². The second kappa shape index (κ2) is 9.02. The molecule has 0 aliphatic carbocycles. The number of likely N-dealkylation sites (tertiary alicyclic amines) is 1. The molecule has 0 atom stereocenters. The molecule has 0 radical (unpaired) electrons. The van der Waals surface area contributed by atoms with Crippen molar-refractivity contribution < 1.29 is 14.6 Å². The Kier molecular flexibility index (Phi) is 6.02. The molecule has 7 nitrogen and oxygen atoms in total. The first-order chi connectivity index (χ1) is 14.2. The Bertz CT molecular complexity index is 955. The lowest BCUT2D eigenvalue weighted by Gasteiger charge is -2.31. The first-order valence-electron chi connectivity index (χ1n) is 9.51. The van der Waals surface area contributed by atoms with Crippen molar-refractivity contribution in [3.8, 4) is 10.4 Å². The van der Waals surface area contributed by atoms with Crippen LogP contribution in [0.25, 0.3) is 10.4 Å². The number of aromatic nitrogens is 2. The third-order valence-electron chi connectivity index (χ3n) is 4.83. The van der Waals surface area contributed by atoms with Gasteiger partial charge in [0.25, 0.3) is 0 Å². The molecule has 1 aliphatic rings. The van der Waals surface area contributed by atoms with Crippen LogP contribution >= 0.6 is 11.3 Å². The maximum atomic E-state index is 10.7. The highest BCUT2D eigenvalue weighted by Crippen LogP contribution is 2.30. The van der Waals surface area contributed by atoms with Gasteiger partial charge in [0.1, 0.15) is 11.9 Å². The minimum absolute atomic E-state index is 0.192.